The lowest BCUT2D eigenvalue weighted by Gasteiger charge is -2.29. The van der Waals surface area contributed by atoms with E-state index in [1.165, 1.54) is 38.1 Å². The third-order valence-corrected chi connectivity index (χ3v) is 23.6. The van der Waals surface area contributed by atoms with Gasteiger partial charge < -0.3 is 176 Å². The van der Waals surface area contributed by atoms with Gasteiger partial charge in [0, 0.05) is 37.4 Å². The number of carbonyl (C=O) groups is 24. The summed E-state index contributed by atoms with van der Waals surface area (Å²) in [6, 6.07) is -21.1. The maximum atomic E-state index is 14.8. The fraction of sp³-hybridized carbons (Fsp3) is 0.614. The number of nitrogens with one attached hydrogen (secondary N) is 24. The number of aliphatic carboxylic acids is 2. The zero-order chi connectivity index (χ0) is 109. The molecule has 2 rings (SSSR count). The first-order chi connectivity index (χ1) is 67.8. The predicted octanol–water partition coefficient (Wildman–Crippen LogP) is -15.8. The number of aliphatic hydroxyl groups excluding tert-OH is 4. The van der Waals surface area contributed by atoms with Gasteiger partial charge in [0.2, 0.25) is 130 Å². The Labute approximate surface area is 833 Å². The molecule has 1 aromatic carbocycles. The van der Waals surface area contributed by atoms with Gasteiger partial charge in [-0.3, -0.25) is 121 Å². The molecule has 144 heavy (non-hydrogen) atoms. The molecule has 1 saturated heterocycles. The van der Waals surface area contributed by atoms with Gasteiger partial charge in [-0.15, -0.1) is 0 Å². The summed E-state index contributed by atoms with van der Waals surface area (Å²) in [7, 11) is 1.19. The summed E-state index contributed by atoms with van der Waals surface area (Å²) >= 11 is 0. The van der Waals surface area contributed by atoms with Crippen LogP contribution in [0.3, 0.4) is 0 Å². The molecule has 0 saturated carbocycles. The molecular formula is C83H135N29O30S2. The topological polar surface area (TPSA) is 974 Å². The maximum Gasteiger partial charge on any atom is 0.328 e. The highest BCUT2D eigenvalue weighted by atomic mass is 33.1. The number of primary amides is 2. The zero-order valence-corrected chi connectivity index (χ0v) is 81.9. The number of nitrogens with two attached hydrogens (primary N) is 5. The molecule has 22 amide bonds. The van der Waals surface area contributed by atoms with E-state index < -0.39 is 371 Å². The van der Waals surface area contributed by atoms with Gasteiger partial charge in [0.1, 0.15) is 96.7 Å². The van der Waals surface area contributed by atoms with Crippen LogP contribution in [0.15, 0.2) is 30.3 Å². The number of aliphatic hydroxyl groups is 4. The Bertz CT molecular complexity index is 4650. The molecule has 1 aliphatic rings. The van der Waals surface area contributed by atoms with E-state index in [1.54, 1.807) is 33.8 Å². The highest BCUT2D eigenvalue weighted by Gasteiger charge is 2.40. The van der Waals surface area contributed by atoms with Crippen LogP contribution in [0.5, 0.6) is 0 Å². The third kappa shape index (κ3) is 48.8. The molecule has 61 heteroatoms. The average Bonchev–Trinajstić information content (AvgIpc) is 0.838. The van der Waals surface area contributed by atoms with Gasteiger partial charge in [0.15, 0.2) is 11.9 Å². The van der Waals surface area contributed by atoms with Crippen LogP contribution >= 0.6 is 21.6 Å². The Balaban J connectivity index is 2.99. The van der Waals surface area contributed by atoms with Crippen LogP contribution in [0.25, 0.3) is 0 Å². The Hall–Kier alpha value is -14.5. The summed E-state index contributed by atoms with van der Waals surface area (Å²) in [5.41, 5.74) is 27.7. The molecule has 1 fully saturated rings. The summed E-state index contributed by atoms with van der Waals surface area (Å²) in [6.07, 6.45) is -4.54. The standard InChI is InChI=1S/C83H135N29O30S2/c1-8-39(5)64-79(139)97-29-59(120)98-41(7)66(126)102-46(19-20-56(85)117)71(131)108-51(33-114)70(130)96-30-61(122)100-47(23-38(3)4)68(128)95-31-62(123)101-54(77(137)105-49(25-57(86)118)74(134)109-53(35-116)81(141)142)36-143-144-37-55(110-76(136)52(34-115)107-67(127)43(84)32-113)78(138)104-48(24-42-15-11-10-12-16-42)69(129)94-27-58(119)93-28-60(121)99-44(17-13-21-91-82(87)88)72(132)112-65(40(6)9-2)80(140)106-50(26-63(124)125)75(135)103-45(73(133)111-64)18-14-22-92-83(89)90/h10-12,15-16,38-41,43-55,64-65,113-116H,8-9,13-14,17-37,84H2,1-7H3,(H2,85,117)(H2,86,118)(H,93,119)(H,94,129)(H,95,128)(H,96,130)(H,97,139)(H,98,120)(H,99,121)(H,100,122)(H,101,123)(H,102,126)(H,103,135)(H,104,138)(H,105,137)(H,106,140)(H,107,127)(H,108,131)(H,109,134)(H,110,136)(H,111,133)(H,112,132)(H,124,125)(H,141,142)(H4,87,88,91)(H4,89,90,92). The Morgan fingerprint density at radius 3 is 1.40 bits per heavy atom. The van der Waals surface area contributed by atoms with Crippen LogP contribution in [0, 0.1) is 28.6 Å². The van der Waals surface area contributed by atoms with E-state index in [4.69, 9.17) is 39.5 Å². The second-order valence-corrected chi connectivity index (χ2v) is 35.9. The highest BCUT2D eigenvalue weighted by Crippen LogP contribution is 2.24. The van der Waals surface area contributed by atoms with Gasteiger partial charge in [-0.1, -0.05) is 106 Å². The first-order valence-corrected chi connectivity index (χ1v) is 47.8. The van der Waals surface area contributed by atoms with Crippen LogP contribution in [0.2, 0.25) is 0 Å². The fourth-order valence-corrected chi connectivity index (χ4v) is 15.2. The highest BCUT2D eigenvalue weighted by molar-refractivity contribution is 8.76. The molecule has 0 radical (unpaired) electrons. The normalized spacial score (nSPS) is 22.9. The van der Waals surface area contributed by atoms with Crippen molar-refractivity contribution in [2.75, 3.05) is 83.7 Å². The van der Waals surface area contributed by atoms with E-state index in [2.05, 4.69) is 112 Å². The lowest BCUT2D eigenvalue weighted by molar-refractivity contribution is -0.143. The van der Waals surface area contributed by atoms with Crippen LogP contribution in [0.1, 0.15) is 125 Å². The van der Waals surface area contributed by atoms with E-state index in [-0.39, 0.29) is 58.0 Å². The van der Waals surface area contributed by atoms with Crippen LogP contribution < -0.4 is 146 Å². The molecule has 1 aliphatic heterocycles. The Morgan fingerprint density at radius 1 is 0.444 bits per heavy atom. The van der Waals surface area contributed by atoms with Gasteiger partial charge in [0.05, 0.1) is 72.0 Å². The molecule has 804 valence electrons. The number of carboxylic acids is 2. The fourth-order valence-electron chi connectivity index (χ4n) is 12.8. The van der Waals surface area contributed by atoms with Crippen molar-refractivity contribution in [2.24, 2.45) is 46.4 Å². The number of carboxylic acid groups (broad SMARTS) is 2. The first-order valence-electron chi connectivity index (χ1n) is 45.4. The summed E-state index contributed by atoms with van der Waals surface area (Å²) in [5.74, 6) is -33.9. The Morgan fingerprint density at radius 2 is 0.889 bits per heavy atom. The van der Waals surface area contributed by atoms with Gasteiger partial charge in [-0.2, -0.15) is 0 Å². The molecule has 18 atom stereocenters. The van der Waals surface area contributed by atoms with Gasteiger partial charge in [-0.05, 0) is 68.8 Å². The molecular weight excluding hydrogens is 1950 g/mol. The third-order valence-electron chi connectivity index (χ3n) is 21.2. The van der Waals surface area contributed by atoms with E-state index in [0.29, 0.717) is 27.2 Å². The number of benzene rings is 1. The minimum atomic E-state index is -2.07. The summed E-state index contributed by atoms with van der Waals surface area (Å²) in [6.45, 7) is 0.820. The smallest absolute Gasteiger partial charge is 0.328 e. The van der Waals surface area contributed by atoms with Gasteiger partial charge in [-0.25, -0.2) is 4.79 Å². The summed E-state index contributed by atoms with van der Waals surface area (Å²) in [4.78, 5) is 329. The number of hydrogen-bond acceptors (Lipinski definition) is 33. The largest absolute Gasteiger partial charge is 0.481 e. The number of amides is 22. The molecule has 18 unspecified atom stereocenters. The van der Waals surface area contributed by atoms with Crippen molar-refractivity contribution >= 4 is 175 Å². The second kappa shape index (κ2) is 66.3. The number of hydrogen-bond donors (Lipinski definition) is 35. The van der Waals surface area contributed by atoms with Crippen molar-refractivity contribution in [2.45, 2.75) is 222 Å². The van der Waals surface area contributed by atoms with Crippen LogP contribution in [0.4, 0.5) is 0 Å². The zero-order valence-electron chi connectivity index (χ0n) is 80.2. The number of guanidine groups is 2. The van der Waals surface area contributed by atoms with Crippen LogP contribution in [-0.4, -0.2) is 365 Å². The van der Waals surface area contributed by atoms with E-state index in [0.717, 1.165) is 6.92 Å². The van der Waals surface area contributed by atoms with Crippen molar-refractivity contribution in [3.63, 3.8) is 0 Å². The minimum absolute atomic E-state index is 0.0449. The predicted molar refractivity (Wildman–Crippen MR) is 510 cm³/mol. The molecule has 1 heterocycles. The van der Waals surface area contributed by atoms with E-state index in [1.807, 2.05) is 5.32 Å². The minimum Gasteiger partial charge on any atom is -0.481 e. The molecule has 0 bridgehead atoms. The van der Waals surface area contributed by atoms with Crippen molar-refractivity contribution in [3.8, 4) is 0 Å². The SMILES string of the molecule is CCC(C)C1NC(=O)C(CCCNC(=N)N)NC(=O)C(CC(=O)O)NC(=O)C(C(C)CC)NC(=O)C(CCCNC(=N)N)NC(=O)CNC(=O)CNC(=O)C(Cc2ccccc2)NC(=O)C(NC(=O)C(CO)NC(=O)C(N)CO)CSSCC(C(=O)NC(CC(N)=O)C(=O)NC(CO)C(=O)O)NC(=O)CNC(=O)C(CC(C)C)NC(=O)CNC(=O)C(CO)NC(=O)C(CCC(N)=O)NC(=O)C(C)NC(=O)CNC1=O. The average molecular weight is 2080 g/mol. The van der Waals surface area contributed by atoms with Gasteiger partial charge in [0.25, 0.3) is 0 Å². The monoisotopic (exact) mass is 2080 g/mol. The summed E-state index contributed by atoms with van der Waals surface area (Å²) in [5, 5.41) is 126. The summed E-state index contributed by atoms with van der Waals surface area (Å²) < 4.78 is 0. The second-order valence-electron chi connectivity index (χ2n) is 33.4. The van der Waals surface area contributed by atoms with Crippen molar-refractivity contribution < 1.29 is 146 Å². The number of rotatable bonds is 36. The quantitative estimate of drug-likeness (QED) is 0.0128. The molecule has 0 aromatic heterocycles. The van der Waals surface area contributed by atoms with Crippen molar-refractivity contribution in [1.82, 2.24) is 117 Å². The first kappa shape index (κ1) is 126. The van der Waals surface area contributed by atoms with E-state index >= 15 is 0 Å². The van der Waals surface area contributed by atoms with Crippen LogP contribution in [-0.2, 0) is 121 Å². The molecule has 1 aromatic rings. The van der Waals surface area contributed by atoms with Crippen molar-refractivity contribution in [3.05, 3.63) is 35.9 Å². The lowest BCUT2D eigenvalue weighted by atomic mass is 9.96. The molecule has 0 aliphatic carbocycles. The van der Waals surface area contributed by atoms with Gasteiger partial charge >= 0.3 is 11.9 Å². The number of carbonyl (C=O) groups excluding carboxylic acids is 22. The molecule has 0 spiro atoms. The lowest BCUT2D eigenvalue weighted by Crippen LogP contribution is -2.61. The molecule has 59 nitrogen and oxygen atoms in total. The molecule has 40 N–H and O–H groups in total. The maximum absolute atomic E-state index is 14.8. The van der Waals surface area contributed by atoms with Crippen molar-refractivity contribution in [1.29, 1.82) is 10.8 Å². The Kier molecular flexibility index (Phi) is 57.9. The van der Waals surface area contributed by atoms with E-state index in [9.17, 15) is 146 Å².